The van der Waals surface area contributed by atoms with E-state index in [0.29, 0.717) is 23.0 Å². The monoisotopic (exact) mass is 340 g/mol. The van der Waals surface area contributed by atoms with Crippen molar-refractivity contribution in [1.29, 1.82) is 0 Å². The molecule has 0 amide bonds. The zero-order valence-electron chi connectivity index (χ0n) is 14.7. The summed E-state index contributed by atoms with van der Waals surface area (Å²) in [5.41, 5.74) is 2.30. The maximum Gasteiger partial charge on any atom is 0.203 e. The molecule has 0 fully saturated rings. The SMILES string of the molecule is C=C(c1cc(OC)c(OC)c(OC)c1)c1cc2cc(OC)ccc2o1. The summed E-state index contributed by atoms with van der Waals surface area (Å²) < 4.78 is 27.3. The predicted octanol–water partition coefficient (Wildman–Crippen LogP) is 4.53. The van der Waals surface area contributed by atoms with Gasteiger partial charge in [0.05, 0.1) is 28.4 Å². The third-order valence-corrected chi connectivity index (χ3v) is 4.03. The summed E-state index contributed by atoms with van der Waals surface area (Å²) in [6, 6.07) is 11.3. The summed E-state index contributed by atoms with van der Waals surface area (Å²) in [7, 11) is 6.37. The van der Waals surface area contributed by atoms with Gasteiger partial charge in [0.1, 0.15) is 17.1 Å². The number of methoxy groups -OCH3 is 4. The number of hydrogen-bond acceptors (Lipinski definition) is 5. The minimum absolute atomic E-state index is 0.538. The first kappa shape index (κ1) is 16.8. The Hall–Kier alpha value is -3.08. The second-order valence-corrected chi connectivity index (χ2v) is 5.41. The molecular formula is C20H20O5. The van der Waals surface area contributed by atoms with Gasteiger partial charge in [-0.2, -0.15) is 0 Å². The molecule has 2 aromatic carbocycles. The van der Waals surface area contributed by atoms with E-state index in [1.807, 2.05) is 36.4 Å². The van der Waals surface area contributed by atoms with Crippen LogP contribution in [0.3, 0.4) is 0 Å². The first-order valence-electron chi connectivity index (χ1n) is 7.68. The normalized spacial score (nSPS) is 10.6. The van der Waals surface area contributed by atoms with Gasteiger partial charge in [-0.05, 0) is 42.0 Å². The van der Waals surface area contributed by atoms with Crippen LogP contribution in [0.5, 0.6) is 23.0 Å². The highest BCUT2D eigenvalue weighted by atomic mass is 16.5. The van der Waals surface area contributed by atoms with Crippen molar-refractivity contribution in [3.63, 3.8) is 0 Å². The highest BCUT2D eigenvalue weighted by molar-refractivity contribution is 5.87. The predicted molar refractivity (Wildman–Crippen MR) is 97.0 cm³/mol. The van der Waals surface area contributed by atoms with Crippen molar-refractivity contribution in [2.24, 2.45) is 0 Å². The summed E-state index contributed by atoms with van der Waals surface area (Å²) in [6.07, 6.45) is 0. The first-order chi connectivity index (χ1) is 12.1. The molecule has 3 rings (SSSR count). The molecule has 0 unspecified atom stereocenters. The Balaban J connectivity index is 2.05. The molecule has 0 N–H and O–H groups in total. The largest absolute Gasteiger partial charge is 0.497 e. The van der Waals surface area contributed by atoms with Crippen molar-refractivity contribution in [2.45, 2.75) is 0 Å². The first-order valence-corrected chi connectivity index (χ1v) is 7.68. The van der Waals surface area contributed by atoms with Gasteiger partial charge in [-0.25, -0.2) is 0 Å². The summed E-state index contributed by atoms with van der Waals surface area (Å²) >= 11 is 0. The zero-order valence-corrected chi connectivity index (χ0v) is 14.7. The van der Waals surface area contributed by atoms with Gasteiger partial charge in [-0.15, -0.1) is 0 Å². The molecule has 0 aliphatic rings. The summed E-state index contributed by atoms with van der Waals surface area (Å²) in [6.45, 7) is 4.16. The molecule has 0 bridgehead atoms. The van der Waals surface area contributed by atoms with Crippen molar-refractivity contribution in [3.8, 4) is 23.0 Å². The number of rotatable bonds is 6. The Morgan fingerprint density at radius 3 is 2.08 bits per heavy atom. The average Bonchev–Trinajstić information content (AvgIpc) is 3.08. The molecule has 5 nitrogen and oxygen atoms in total. The lowest BCUT2D eigenvalue weighted by Crippen LogP contribution is -1.97. The van der Waals surface area contributed by atoms with Crippen molar-refractivity contribution in [2.75, 3.05) is 28.4 Å². The minimum Gasteiger partial charge on any atom is -0.497 e. The van der Waals surface area contributed by atoms with E-state index in [9.17, 15) is 0 Å². The third-order valence-electron chi connectivity index (χ3n) is 4.03. The molecule has 0 spiro atoms. The van der Waals surface area contributed by atoms with E-state index in [0.717, 1.165) is 27.9 Å². The van der Waals surface area contributed by atoms with Crippen LogP contribution < -0.4 is 18.9 Å². The van der Waals surface area contributed by atoms with Crippen molar-refractivity contribution in [1.82, 2.24) is 0 Å². The van der Waals surface area contributed by atoms with E-state index in [1.165, 1.54) is 0 Å². The zero-order chi connectivity index (χ0) is 18.0. The maximum absolute atomic E-state index is 5.92. The van der Waals surface area contributed by atoms with Crippen molar-refractivity contribution < 1.29 is 23.4 Å². The standard InChI is InChI=1S/C20H20O5/c1-12(13-9-18(22-3)20(24-5)19(10-13)23-4)17-11-14-8-15(21-2)6-7-16(14)25-17/h6-11H,1H2,2-5H3. The lowest BCUT2D eigenvalue weighted by Gasteiger charge is -2.14. The molecule has 0 aliphatic heterocycles. The van der Waals surface area contributed by atoms with Gasteiger partial charge in [0.25, 0.3) is 0 Å². The van der Waals surface area contributed by atoms with Crippen LogP contribution in [0.4, 0.5) is 0 Å². The van der Waals surface area contributed by atoms with Gasteiger partial charge >= 0.3 is 0 Å². The van der Waals surface area contributed by atoms with Crippen LogP contribution in [0.25, 0.3) is 16.5 Å². The molecule has 1 aromatic heterocycles. The average molecular weight is 340 g/mol. The van der Waals surface area contributed by atoms with E-state index in [1.54, 1.807) is 28.4 Å². The van der Waals surface area contributed by atoms with E-state index >= 15 is 0 Å². The van der Waals surface area contributed by atoms with Crippen LogP contribution in [0, 0.1) is 0 Å². The summed E-state index contributed by atoms with van der Waals surface area (Å²) in [5, 5.41) is 0.947. The van der Waals surface area contributed by atoms with Crippen molar-refractivity contribution >= 4 is 16.5 Å². The quantitative estimate of drug-likeness (QED) is 0.660. The van der Waals surface area contributed by atoms with Gasteiger partial charge in [0.2, 0.25) is 5.75 Å². The van der Waals surface area contributed by atoms with Crippen LogP contribution in [-0.2, 0) is 0 Å². The molecule has 0 saturated carbocycles. The number of ether oxygens (including phenoxy) is 4. The maximum atomic E-state index is 5.92. The highest BCUT2D eigenvalue weighted by Gasteiger charge is 2.17. The lowest BCUT2D eigenvalue weighted by atomic mass is 10.0. The van der Waals surface area contributed by atoms with Crippen LogP contribution in [-0.4, -0.2) is 28.4 Å². The van der Waals surface area contributed by atoms with E-state index < -0.39 is 0 Å². The van der Waals surface area contributed by atoms with Crippen molar-refractivity contribution in [3.05, 3.63) is 54.3 Å². The Morgan fingerprint density at radius 2 is 1.52 bits per heavy atom. The Labute approximate surface area is 146 Å². The molecule has 0 radical (unpaired) electrons. The van der Waals surface area contributed by atoms with E-state index in [2.05, 4.69) is 6.58 Å². The second-order valence-electron chi connectivity index (χ2n) is 5.41. The minimum atomic E-state index is 0.538. The van der Waals surface area contributed by atoms with E-state index in [-0.39, 0.29) is 0 Å². The molecule has 25 heavy (non-hydrogen) atoms. The second kappa shape index (κ2) is 6.81. The molecule has 3 aromatic rings. The molecule has 0 aliphatic carbocycles. The molecule has 0 atom stereocenters. The van der Waals surface area contributed by atoms with Gasteiger partial charge in [-0.3, -0.25) is 0 Å². The van der Waals surface area contributed by atoms with Gasteiger partial charge in [0, 0.05) is 11.0 Å². The fourth-order valence-electron chi connectivity index (χ4n) is 2.69. The highest BCUT2D eigenvalue weighted by Crippen LogP contribution is 2.41. The van der Waals surface area contributed by atoms with Crippen LogP contribution >= 0.6 is 0 Å². The molecule has 130 valence electrons. The Morgan fingerprint density at radius 1 is 0.840 bits per heavy atom. The van der Waals surface area contributed by atoms with Crippen LogP contribution in [0.1, 0.15) is 11.3 Å². The molecule has 1 heterocycles. The Bertz CT molecular complexity index is 898. The molecular weight excluding hydrogens is 320 g/mol. The number of furan rings is 1. The fraction of sp³-hybridized carbons (Fsp3) is 0.200. The molecule has 5 heteroatoms. The number of benzene rings is 2. The topological polar surface area (TPSA) is 50.1 Å². The Kier molecular flexibility index (Phi) is 4.57. The van der Waals surface area contributed by atoms with Gasteiger partial charge < -0.3 is 23.4 Å². The fourth-order valence-corrected chi connectivity index (χ4v) is 2.69. The van der Waals surface area contributed by atoms with Crippen LogP contribution in [0.15, 0.2) is 47.4 Å². The summed E-state index contributed by atoms with van der Waals surface area (Å²) in [5.74, 6) is 3.11. The third kappa shape index (κ3) is 3.01. The van der Waals surface area contributed by atoms with Crippen LogP contribution in [0.2, 0.25) is 0 Å². The smallest absolute Gasteiger partial charge is 0.203 e. The van der Waals surface area contributed by atoms with Gasteiger partial charge in [0.15, 0.2) is 11.5 Å². The van der Waals surface area contributed by atoms with Gasteiger partial charge in [-0.1, -0.05) is 6.58 Å². The number of hydrogen-bond donors (Lipinski definition) is 0. The number of fused-ring (bicyclic) bond motifs is 1. The summed E-state index contributed by atoms with van der Waals surface area (Å²) in [4.78, 5) is 0. The molecule has 0 saturated heterocycles. The van der Waals surface area contributed by atoms with E-state index in [4.69, 9.17) is 23.4 Å². The lowest BCUT2D eigenvalue weighted by molar-refractivity contribution is 0.324.